The molecule has 3 rings (SSSR count). The molecule has 0 aromatic carbocycles. The van der Waals surface area contributed by atoms with E-state index in [0.717, 1.165) is 0 Å². The van der Waals surface area contributed by atoms with Gasteiger partial charge < -0.3 is 19.7 Å². The molecule has 31 heavy (non-hydrogen) atoms. The van der Waals surface area contributed by atoms with Gasteiger partial charge in [0.05, 0.1) is 37.6 Å². The van der Waals surface area contributed by atoms with Crippen LogP contribution in [-0.2, 0) is 28.7 Å². The van der Waals surface area contributed by atoms with Gasteiger partial charge in [0.1, 0.15) is 6.61 Å². The van der Waals surface area contributed by atoms with E-state index < -0.39 is 48.5 Å². The fourth-order valence-electron chi connectivity index (χ4n) is 3.67. The van der Waals surface area contributed by atoms with Gasteiger partial charge in [-0.05, 0) is 11.6 Å². The quantitative estimate of drug-likeness (QED) is 0.278. The molecule has 1 saturated heterocycles. The lowest BCUT2D eigenvalue weighted by atomic mass is 9.84. The predicted octanol–water partition coefficient (Wildman–Crippen LogP) is 1.10. The number of carbonyl (C=O) groups excluding carboxylic acids is 1. The monoisotopic (exact) mass is 457 g/mol. The standard InChI is InChI=1S/C17H20ClN5O8/c1-7(24)30-6-11-8(3-12(25)26)9(4-13(27)28)16(31-11)23-15-10(5-19-23)14(22-29-2)20-17(18)21-15/h5,8-9,11,16H,3-4,6H2,1-2H3,(H,25,26)(H,27,28)(H,20,21,22)/t8-,9-,11+,16-/m1/s1. The van der Waals surface area contributed by atoms with Crippen molar-refractivity contribution in [1.82, 2.24) is 19.7 Å². The Morgan fingerprint density at radius 1 is 1.23 bits per heavy atom. The fraction of sp³-hybridized carbons (Fsp3) is 0.529. The molecule has 2 aromatic heterocycles. The third kappa shape index (κ3) is 5.00. The van der Waals surface area contributed by atoms with Crippen LogP contribution in [0.15, 0.2) is 6.20 Å². The zero-order valence-corrected chi connectivity index (χ0v) is 17.3. The molecule has 3 heterocycles. The third-order valence-electron chi connectivity index (χ3n) is 4.85. The Morgan fingerprint density at radius 3 is 2.52 bits per heavy atom. The van der Waals surface area contributed by atoms with E-state index in [-0.39, 0.29) is 29.8 Å². The molecule has 0 saturated carbocycles. The number of rotatable bonds is 9. The van der Waals surface area contributed by atoms with E-state index in [0.29, 0.717) is 5.39 Å². The minimum Gasteiger partial charge on any atom is -0.481 e. The lowest BCUT2D eigenvalue weighted by Crippen LogP contribution is -2.29. The highest BCUT2D eigenvalue weighted by Gasteiger charge is 2.48. The van der Waals surface area contributed by atoms with Crippen molar-refractivity contribution in [2.24, 2.45) is 11.8 Å². The van der Waals surface area contributed by atoms with E-state index in [1.807, 2.05) is 0 Å². The summed E-state index contributed by atoms with van der Waals surface area (Å²) in [6, 6.07) is 0. The van der Waals surface area contributed by atoms with E-state index in [4.69, 9.17) is 25.9 Å². The van der Waals surface area contributed by atoms with Crippen molar-refractivity contribution >= 4 is 46.4 Å². The number of nitrogens with one attached hydrogen (secondary N) is 1. The van der Waals surface area contributed by atoms with Crippen LogP contribution in [0.25, 0.3) is 11.0 Å². The van der Waals surface area contributed by atoms with E-state index >= 15 is 0 Å². The van der Waals surface area contributed by atoms with Crippen LogP contribution < -0.4 is 5.48 Å². The van der Waals surface area contributed by atoms with Gasteiger partial charge in [0.15, 0.2) is 17.7 Å². The number of hydrogen-bond acceptors (Lipinski definition) is 10. The first kappa shape index (κ1) is 22.7. The summed E-state index contributed by atoms with van der Waals surface area (Å²) in [5.41, 5.74) is 2.78. The summed E-state index contributed by atoms with van der Waals surface area (Å²) in [6.07, 6.45) is -1.23. The number of ether oxygens (including phenoxy) is 2. The van der Waals surface area contributed by atoms with E-state index in [1.54, 1.807) is 0 Å². The number of anilines is 1. The van der Waals surface area contributed by atoms with Crippen LogP contribution in [-0.4, -0.2) is 67.7 Å². The largest absolute Gasteiger partial charge is 0.481 e. The molecule has 0 amide bonds. The number of carboxylic acid groups (broad SMARTS) is 2. The van der Waals surface area contributed by atoms with Crippen LogP contribution in [0.2, 0.25) is 5.28 Å². The molecule has 0 radical (unpaired) electrons. The van der Waals surface area contributed by atoms with Crippen LogP contribution in [0.1, 0.15) is 26.0 Å². The Morgan fingerprint density at radius 2 is 1.90 bits per heavy atom. The van der Waals surface area contributed by atoms with Crippen LogP contribution in [0.5, 0.6) is 0 Å². The van der Waals surface area contributed by atoms with Gasteiger partial charge >= 0.3 is 17.9 Å². The number of carbonyl (C=O) groups is 3. The van der Waals surface area contributed by atoms with Gasteiger partial charge in [0.25, 0.3) is 0 Å². The summed E-state index contributed by atoms with van der Waals surface area (Å²) in [5, 5.41) is 23.3. The second kappa shape index (κ2) is 9.41. The summed E-state index contributed by atoms with van der Waals surface area (Å²) >= 11 is 6.00. The predicted molar refractivity (Wildman–Crippen MR) is 103 cm³/mol. The van der Waals surface area contributed by atoms with Crippen molar-refractivity contribution in [3.63, 3.8) is 0 Å². The summed E-state index contributed by atoms with van der Waals surface area (Å²) in [4.78, 5) is 47.3. The highest BCUT2D eigenvalue weighted by atomic mass is 35.5. The normalized spacial score (nSPS) is 23.1. The molecule has 1 aliphatic heterocycles. The lowest BCUT2D eigenvalue weighted by Gasteiger charge is -2.21. The molecular weight excluding hydrogens is 438 g/mol. The number of carboxylic acids is 2. The second-order valence-corrected chi connectivity index (χ2v) is 7.20. The minimum absolute atomic E-state index is 0.125. The number of fused-ring (bicyclic) bond motifs is 1. The van der Waals surface area contributed by atoms with E-state index in [1.165, 1.54) is 24.9 Å². The number of aromatic nitrogens is 4. The van der Waals surface area contributed by atoms with E-state index in [2.05, 4.69) is 20.5 Å². The maximum atomic E-state index is 11.5. The first-order valence-corrected chi connectivity index (χ1v) is 9.51. The summed E-state index contributed by atoms with van der Waals surface area (Å²) in [6.45, 7) is 0.975. The fourth-order valence-corrected chi connectivity index (χ4v) is 3.83. The molecule has 168 valence electrons. The van der Waals surface area contributed by atoms with E-state index in [9.17, 15) is 24.6 Å². The maximum Gasteiger partial charge on any atom is 0.303 e. The summed E-state index contributed by atoms with van der Waals surface area (Å²) in [7, 11) is 1.38. The number of halogens is 1. The Hall–Kier alpha value is -3.03. The highest BCUT2D eigenvalue weighted by Crippen LogP contribution is 2.44. The van der Waals surface area contributed by atoms with Gasteiger partial charge in [-0.1, -0.05) is 0 Å². The van der Waals surface area contributed by atoms with Crippen LogP contribution in [0.3, 0.4) is 0 Å². The van der Waals surface area contributed by atoms with Gasteiger partial charge in [-0.2, -0.15) is 15.1 Å². The summed E-state index contributed by atoms with van der Waals surface area (Å²) in [5.74, 6) is -4.19. The molecule has 2 aromatic rings. The summed E-state index contributed by atoms with van der Waals surface area (Å²) < 4.78 is 12.3. The number of aliphatic carboxylic acids is 2. The average molecular weight is 458 g/mol. The van der Waals surface area contributed by atoms with Crippen LogP contribution in [0.4, 0.5) is 5.82 Å². The molecule has 1 aliphatic rings. The Bertz CT molecular complexity index is 998. The first-order valence-electron chi connectivity index (χ1n) is 9.13. The van der Waals surface area contributed by atoms with Gasteiger partial charge in [0, 0.05) is 18.8 Å². The van der Waals surface area contributed by atoms with Gasteiger partial charge in [-0.15, -0.1) is 0 Å². The van der Waals surface area contributed by atoms with Crippen molar-refractivity contribution in [3.05, 3.63) is 11.5 Å². The molecule has 0 aliphatic carbocycles. The van der Waals surface area contributed by atoms with Crippen molar-refractivity contribution < 1.29 is 38.9 Å². The molecule has 4 atom stereocenters. The first-order chi connectivity index (χ1) is 14.7. The number of hydrogen-bond donors (Lipinski definition) is 3. The van der Waals surface area contributed by atoms with Gasteiger partial charge in [0.2, 0.25) is 5.28 Å². The van der Waals surface area contributed by atoms with Gasteiger partial charge in [-0.3, -0.25) is 19.2 Å². The molecular formula is C17H20ClN5O8. The van der Waals surface area contributed by atoms with Crippen molar-refractivity contribution in [3.8, 4) is 0 Å². The van der Waals surface area contributed by atoms with Crippen molar-refractivity contribution in [2.75, 3.05) is 19.2 Å². The third-order valence-corrected chi connectivity index (χ3v) is 5.01. The maximum absolute atomic E-state index is 11.5. The number of esters is 1. The SMILES string of the molecule is CONc1nc(Cl)nc2c1cnn2[C@@H]1O[C@@H](COC(C)=O)[C@H](CC(=O)O)[C@H]1CC(=O)O. The molecule has 0 unspecified atom stereocenters. The van der Waals surface area contributed by atoms with Gasteiger partial charge in [-0.25, -0.2) is 10.2 Å². The Balaban J connectivity index is 2.05. The smallest absolute Gasteiger partial charge is 0.303 e. The zero-order chi connectivity index (χ0) is 22.7. The highest BCUT2D eigenvalue weighted by molar-refractivity contribution is 6.28. The Labute approximate surface area is 180 Å². The molecule has 14 heteroatoms. The lowest BCUT2D eigenvalue weighted by molar-refractivity contribution is -0.147. The van der Waals surface area contributed by atoms with Crippen LogP contribution in [0, 0.1) is 11.8 Å². The average Bonchev–Trinajstić information content (AvgIpc) is 3.21. The van der Waals surface area contributed by atoms with Crippen molar-refractivity contribution in [2.45, 2.75) is 32.1 Å². The molecule has 0 spiro atoms. The number of nitrogens with zero attached hydrogens (tertiary/aromatic N) is 4. The molecule has 1 fully saturated rings. The second-order valence-electron chi connectivity index (χ2n) is 6.86. The topological polar surface area (TPSA) is 175 Å². The van der Waals surface area contributed by atoms with Crippen molar-refractivity contribution in [1.29, 1.82) is 0 Å². The van der Waals surface area contributed by atoms with Crippen LogP contribution >= 0.6 is 11.6 Å². The molecule has 13 nitrogen and oxygen atoms in total. The molecule has 3 N–H and O–H groups in total. The Kier molecular flexibility index (Phi) is 6.87. The zero-order valence-electron chi connectivity index (χ0n) is 16.5. The molecule has 0 bridgehead atoms. The minimum atomic E-state index is -1.15.